The molecule has 154 valence electrons. The molecule has 0 aliphatic carbocycles. The minimum atomic E-state index is -3.67. The summed E-state index contributed by atoms with van der Waals surface area (Å²) in [6.45, 7) is 0. The molecule has 30 heavy (non-hydrogen) atoms. The third-order valence-electron chi connectivity index (χ3n) is 3.71. The van der Waals surface area contributed by atoms with Gasteiger partial charge in [0.2, 0.25) is 0 Å². The van der Waals surface area contributed by atoms with E-state index in [1.807, 2.05) is 0 Å². The van der Waals surface area contributed by atoms with Crippen molar-refractivity contribution in [2.75, 3.05) is 4.72 Å². The molecule has 9 nitrogen and oxygen atoms in total. The number of nitro groups is 1. The van der Waals surface area contributed by atoms with Crippen LogP contribution < -0.4 is 10.1 Å². The smallest absolute Gasteiger partial charge is 0.279 e. The highest BCUT2D eigenvalue weighted by Gasteiger charge is 2.15. The second-order valence-corrected chi connectivity index (χ2v) is 9.05. The molecule has 3 rings (SSSR count). The number of hydrogen-bond donors (Lipinski definition) is 2. The maximum Gasteiger partial charge on any atom is 0.288 e. The summed E-state index contributed by atoms with van der Waals surface area (Å²) in [6, 6.07) is 13.0. The molecule has 1 amide bonds. The van der Waals surface area contributed by atoms with Crippen molar-refractivity contribution >= 4 is 56.5 Å². The maximum atomic E-state index is 12.2. The summed E-state index contributed by atoms with van der Waals surface area (Å²) >= 11 is 6.83. The van der Waals surface area contributed by atoms with Gasteiger partial charge in [0.15, 0.2) is 0 Å². The molecule has 0 spiro atoms. The topological polar surface area (TPSA) is 131 Å². The molecule has 2 aromatic carbocycles. The molecule has 0 saturated heterocycles. The molecule has 0 atom stereocenters. The molecule has 0 radical (unpaired) electrons. The summed E-state index contributed by atoms with van der Waals surface area (Å²) in [4.78, 5) is 22.4. The zero-order chi connectivity index (χ0) is 21.7. The van der Waals surface area contributed by atoms with Crippen LogP contribution in [0, 0.1) is 10.1 Å². The quantitative estimate of drug-likeness (QED) is 0.311. The van der Waals surface area contributed by atoms with Gasteiger partial charge in [-0.1, -0.05) is 23.7 Å². The van der Waals surface area contributed by atoms with E-state index in [1.165, 1.54) is 54.7 Å². The van der Waals surface area contributed by atoms with Crippen molar-refractivity contribution in [2.45, 2.75) is 4.21 Å². The summed E-state index contributed by atoms with van der Waals surface area (Å²) in [7, 11) is -3.67. The number of carbonyl (C=O) groups excluding carboxylic acids is 1. The third kappa shape index (κ3) is 5.20. The highest BCUT2D eigenvalue weighted by atomic mass is 35.5. The normalized spacial score (nSPS) is 11.4. The van der Waals surface area contributed by atoms with Crippen molar-refractivity contribution in [3.05, 3.63) is 86.2 Å². The Morgan fingerprint density at radius 3 is 2.53 bits per heavy atom. The number of nitro benzene ring substituents is 1. The van der Waals surface area contributed by atoms with Crippen LogP contribution in [-0.4, -0.2) is 25.5 Å². The zero-order valence-corrected chi connectivity index (χ0v) is 17.4. The predicted molar refractivity (Wildman–Crippen MR) is 115 cm³/mol. The number of halogens is 1. The Kier molecular flexibility index (Phi) is 6.45. The van der Waals surface area contributed by atoms with Gasteiger partial charge in [-0.3, -0.25) is 19.6 Å². The standard InChI is InChI=1S/C18H13ClN4O5S2/c19-15-8-3-12(10-16(15)23(25)26)11-20-21-18(24)13-4-6-14(7-5-13)22-30(27,28)17-2-1-9-29-17/h1-11,22H,(H,21,24)/b20-11-. The fourth-order valence-corrected chi connectivity index (χ4v) is 4.53. The van der Waals surface area contributed by atoms with E-state index in [9.17, 15) is 23.3 Å². The lowest BCUT2D eigenvalue weighted by atomic mass is 10.2. The minimum Gasteiger partial charge on any atom is -0.279 e. The van der Waals surface area contributed by atoms with Gasteiger partial charge in [0.1, 0.15) is 9.23 Å². The Morgan fingerprint density at radius 2 is 1.90 bits per heavy atom. The van der Waals surface area contributed by atoms with E-state index >= 15 is 0 Å². The lowest BCUT2D eigenvalue weighted by molar-refractivity contribution is -0.384. The van der Waals surface area contributed by atoms with Gasteiger partial charge in [-0.15, -0.1) is 11.3 Å². The Balaban J connectivity index is 1.63. The van der Waals surface area contributed by atoms with Crippen LogP contribution in [0.25, 0.3) is 0 Å². The largest absolute Gasteiger partial charge is 0.288 e. The number of anilines is 1. The van der Waals surface area contributed by atoms with Crippen LogP contribution >= 0.6 is 22.9 Å². The Morgan fingerprint density at radius 1 is 1.17 bits per heavy atom. The number of benzene rings is 2. The van der Waals surface area contributed by atoms with E-state index in [0.29, 0.717) is 11.3 Å². The van der Waals surface area contributed by atoms with Crippen molar-refractivity contribution in [1.82, 2.24) is 5.43 Å². The average molecular weight is 465 g/mol. The summed E-state index contributed by atoms with van der Waals surface area (Å²) in [5.41, 5.74) is 2.95. The third-order valence-corrected chi connectivity index (χ3v) is 6.80. The zero-order valence-electron chi connectivity index (χ0n) is 15.0. The molecule has 0 unspecified atom stereocenters. The molecular weight excluding hydrogens is 452 g/mol. The number of nitrogens with one attached hydrogen (secondary N) is 2. The number of amides is 1. The van der Waals surface area contributed by atoms with Gasteiger partial charge in [0, 0.05) is 22.9 Å². The van der Waals surface area contributed by atoms with E-state index in [-0.39, 0.29) is 20.5 Å². The molecule has 1 aromatic heterocycles. The van der Waals surface area contributed by atoms with E-state index in [1.54, 1.807) is 11.4 Å². The highest BCUT2D eigenvalue weighted by molar-refractivity contribution is 7.94. The minimum absolute atomic E-state index is 0.00372. The van der Waals surface area contributed by atoms with Crippen LogP contribution in [0.5, 0.6) is 0 Å². The summed E-state index contributed by atoms with van der Waals surface area (Å²) in [6.07, 6.45) is 1.24. The summed E-state index contributed by atoms with van der Waals surface area (Å²) < 4.78 is 27.0. The first-order valence-corrected chi connectivity index (χ1v) is 10.9. The summed E-state index contributed by atoms with van der Waals surface area (Å²) in [5, 5.41) is 16.3. The molecule has 0 aliphatic heterocycles. The van der Waals surface area contributed by atoms with Gasteiger partial charge in [-0.2, -0.15) is 5.10 Å². The lowest BCUT2D eigenvalue weighted by Gasteiger charge is -2.07. The number of carbonyl (C=O) groups is 1. The fraction of sp³-hybridized carbons (Fsp3) is 0. The van der Waals surface area contributed by atoms with E-state index < -0.39 is 20.9 Å². The number of hydrogen-bond acceptors (Lipinski definition) is 7. The van der Waals surface area contributed by atoms with Gasteiger partial charge in [-0.25, -0.2) is 13.8 Å². The van der Waals surface area contributed by atoms with Gasteiger partial charge in [0.25, 0.3) is 21.6 Å². The highest BCUT2D eigenvalue weighted by Crippen LogP contribution is 2.24. The van der Waals surface area contributed by atoms with E-state index in [4.69, 9.17) is 11.6 Å². The van der Waals surface area contributed by atoms with Crippen molar-refractivity contribution in [2.24, 2.45) is 5.10 Å². The van der Waals surface area contributed by atoms with Gasteiger partial charge in [-0.05, 0) is 41.8 Å². The molecule has 2 N–H and O–H groups in total. The first-order valence-electron chi connectivity index (χ1n) is 8.20. The van der Waals surface area contributed by atoms with Gasteiger partial charge < -0.3 is 0 Å². The molecule has 12 heteroatoms. The molecule has 0 fully saturated rings. The van der Waals surface area contributed by atoms with Crippen LogP contribution in [-0.2, 0) is 10.0 Å². The Hall–Kier alpha value is -3.28. The first-order chi connectivity index (χ1) is 14.3. The lowest BCUT2D eigenvalue weighted by Crippen LogP contribution is -2.17. The molecule has 3 aromatic rings. The molecular formula is C18H13ClN4O5S2. The number of nitrogens with zero attached hydrogens (tertiary/aromatic N) is 2. The van der Waals surface area contributed by atoms with Crippen LogP contribution in [0.1, 0.15) is 15.9 Å². The predicted octanol–water partition coefficient (Wildman–Crippen LogP) is 3.87. The number of sulfonamides is 1. The average Bonchev–Trinajstić information content (AvgIpc) is 3.25. The van der Waals surface area contributed by atoms with Crippen molar-refractivity contribution < 1.29 is 18.1 Å². The number of thiophene rings is 1. The van der Waals surface area contributed by atoms with Crippen molar-refractivity contribution in [3.8, 4) is 0 Å². The first kappa shape index (κ1) is 21.4. The van der Waals surface area contributed by atoms with Gasteiger partial charge >= 0.3 is 0 Å². The molecule has 1 heterocycles. The monoisotopic (exact) mass is 464 g/mol. The van der Waals surface area contributed by atoms with E-state index in [0.717, 1.165) is 11.3 Å². The second-order valence-electron chi connectivity index (χ2n) is 5.78. The molecule has 0 bridgehead atoms. The maximum absolute atomic E-state index is 12.2. The van der Waals surface area contributed by atoms with Crippen molar-refractivity contribution in [3.63, 3.8) is 0 Å². The van der Waals surface area contributed by atoms with Gasteiger partial charge in [0.05, 0.1) is 11.1 Å². The Labute approximate surface area is 180 Å². The van der Waals surface area contributed by atoms with Crippen molar-refractivity contribution in [1.29, 1.82) is 0 Å². The molecule has 0 aliphatic rings. The number of rotatable bonds is 7. The van der Waals surface area contributed by atoms with Crippen LogP contribution in [0.3, 0.4) is 0 Å². The molecule has 0 saturated carbocycles. The SMILES string of the molecule is O=C(N/N=C\c1ccc(Cl)c([N+](=O)[O-])c1)c1ccc(NS(=O)(=O)c2cccs2)cc1. The fourth-order valence-electron chi connectivity index (χ4n) is 2.29. The van der Waals surface area contributed by atoms with Crippen LogP contribution in [0.4, 0.5) is 11.4 Å². The second kappa shape index (κ2) is 9.03. The van der Waals surface area contributed by atoms with E-state index in [2.05, 4.69) is 15.2 Å². The Bertz CT molecular complexity index is 1210. The van der Waals surface area contributed by atoms with Crippen LogP contribution in [0.2, 0.25) is 5.02 Å². The number of hydrazone groups is 1. The summed E-state index contributed by atoms with van der Waals surface area (Å²) in [5.74, 6) is -0.539. The van der Waals surface area contributed by atoms with Crippen LogP contribution in [0.15, 0.2) is 69.3 Å².